The van der Waals surface area contributed by atoms with Crippen LogP contribution in [0.3, 0.4) is 0 Å². The number of hydrogen-bond acceptors (Lipinski definition) is 6. The smallest absolute Gasteiger partial charge is 0.315 e. The lowest BCUT2D eigenvalue weighted by molar-refractivity contribution is 0.173. The fraction of sp³-hybridized carbons (Fsp3) is 0.333. The number of fused-ring (bicyclic) bond motifs is 1. The zero-order valence-corrected chi connectivity index (χ0v) is 13.4. The maximum atomic E-state index is 11.7. The van der Waals surface area contributed by atoms with Crippen LogP contribution in [-0.4, -0.2) is 31.0 Å². The molecule has 0 unspecified atom stereocenters. The molecule has 0 fully saturated rings. The van der Waals surface area contributed by atoms with Gasteiger partial charge >= 0.3 is 6.03 Å². The van der Waals surface area contributed by atoms with Gasteiger partial charge in [-0.1, -0.05) is 0 Å². The number of amides is 2. The van der Waals surface area contributed by atoms with E-state index in [4.69, 9.17) is 14.2 Å². The van der Waals surface area contributed by atoms with Crippen molar-refractivity contribution in [1.82, 2.24) is 15.6 Å². The largest absolute Gasteiger partial charge is 0.492 e. The van der Waals surface area contributed by atoms with Crippen molar-refractivity contribution in [3.63, 3.8) is 0 Å². The second-order valence-electron chi connectivity index (χ2n) is 4.83. The Labute approximate surface area is 137 Å². The third kappa shape index (κ3) is 4.04. The minimum Gasteiger partial charge on any atom is -0.492 e. The van der Waals surface area contributed by atoms with E-state index in [-0.39, 0.29) is 12.8 Å². The average Bonchev–Trinajstić information content (AvgIpc) is 3.17. The lowest BCUT2D eigenvalue weighted by atomic mass is 10.3. The van der Waals surface area contributed by atoms with Crippen LogP contribution in [0.15, 0.2) is 23.7 Å². The molecule has 0 saturated carbocycles. The van der Waals surface area contributed by atoms with Gasteiger partial charge in [-0.05, 0) is 19.1 Å². The van der Waals surface area contributed by atoms with E-state index >= 15 is 0 Å². The van der Waals surface area contributed by atoms with E-state index in [9.17, 15) is 4.79 Å². The Morgan fingerprint density at radius 3 is 3.04 bits per heavy atom. The number of rotatable bonds is 6. The molecule has 3 rings (SSSR count). The van der Waals surface area contributed by atoms with E-state index in [1.807, 2.05) is 6.92 Å². The molecule has 122 valence electrons. The Hall–Kier alpha value is -2.48. The summed E-state index contributed by atoms with van der Waals surface area (Å²) in [4.78, 5) is 16.9. The summed E-state index contributed by atoms with van der Waals surface area (Å²) in [6, 6.07) is 5.15. The second kappa shape index (κ2) is 7.19. The van der Waals surface area contributed by atoms with Crippen molar-refractivity contribution >= 4 is 17.4 Å². The van der Waals surface area contributed by atoms with Gasteiger partial charge < -0.3 is 24.8 Å². The summed E-state index contributed by atoms with van der Waals surface area (Å²) < 4.78 is 16.1. The Morgan fingerprint density at radius 1 is 1.35 bits per heavy atom. The van der Waals surface area contributed by atoms with Gasteiger partial charge in [-0.3, -0.25) is 0 Å². The summed E-state index contributed by atoms with van der Waals surface area (Å²) >= 11 is 1.53. The fourth-order valence-electron chi connectivity index (χ4n) is 2.02. The number of thiazole rings is 1. The highest BCUT2D eigenvalue weighted by Crippen LogP contribution is 2.34. The first-order valence-corrected chi connectivity index (χ1v) is 8.03. The molecule has 8 heteroatoms. The zero-order chi connectivity index (χ0) is 16.1. The maximum Gasteiger partial charge on any atom is 0.315 e. The van der Waals surface area contributed by atoms with Crippen molar-refractivity contribution in [2.75, 3.05) is 19.9 Å². The Bertz CT molecular complexity index is 689. The van der Waals surface area contributed by atoms with Gasteiger partial charge in [0.2, 0.25) is 6.79 Å². The van der Waals surface area contributed by atoms with Crippen LogP contribution >= 0.6 is 11.3 Å². The Kier molecular flexibility index (Phi) is 4.82. The lowest BCUT2D eigenvalue weighted by Crippen LogP contribution is -2.37. The molecule has 1 aliphatic heterocycles. The number of ether oxygens (including phenoxy) is 3. The van der Waals surface area contributed by atoms with Crippen molar-refractivity contribution < 1.29 is 19.0 Å². The number of aromatic nitrogens is 1. The number of carbonyl (C=O) groups is 1. The molecule has 2 heterocycles. The van der Waals surface area contributed by atoms with Crippen LogP contribution in [0, 0.1) is 6.92 Å². The first-order chi connectivity index (χ1) is 11.2. The van der Waals surface area contributed by atoms with Gasteiger partial charge in [-0.25, -0.2) is 9.78 Å². The minimum atomic E-state index is -0.230. The Morgan fingerprint density at radius 2 is 2.22 bits per heavy atom. The summed E-state index contributed by atoms with van der Waals surface area (Å²) in [7, 11) is 0. The molecule has 2 aromatic rings. The molecular formula is C15H17N3O4S. The number of urea groups is 1. The minimum absolute atomic E-state index is 0.230. The molecule has 0 spiro atoms. The standard InChI is InChI=1S/C15H17N3O4S/c1-10-14(23-8-18-10)7-17-15(19)16-4-5-20-11-2-3-12-13(6-11)22-9-21-12/h2-3,6,8H,4-5,7,9H2,1H3,(H2,16,17,19). The SMILES string of the molecule is Cc1ncsc1CNC(=O)NCCOc1ccc2c(c1)OCO2. The van der Waals surface area contributed by atoms with Crippen LogP contribution in [-0.2, 0) is 6.54 Å². The van der Waals surface area contributed by atoms with Crippen LogP contribution in [0.1, 0.15) is 10.6 Å². The van der Waals surface area contributed by atoms with Gasteiger partial charge in [0, 0.05) is 10.9 Å². The molecule has 0 aliphatic carbocycles. The molecule has 2 N–H and O–H groups in total. The first-order valence-electron chi connectivity index (χ1n) is 7.15. The molecule has 1 aromatic carbocycles. The summed E-state index contributed by atoms with van der Waals surface area (Å²) in [5, 5.41) is 5.53. The van der Waals surface area contributed by atoms with Gasteiger partial charge in [0.1, 0.15) is 12.4 Å². The van der Waals surface area contributed by atoms with Gasteiger partial charge in [-0.2, -0.15) is 0 Å². The highest BCUT2D eigenvalue weighted by atomic mass is 32.1. The molecule has 1 aliphatic rings. The van der Waals surface area contributed by atoms with Gasteiger partial charge in [0.05, 0.1) is 24.3 Å². The second-order valence-corrected chi connectivity index (χ2v) is 5.77. The van der Waals surface area contributed by atoms with E-state index in [0.717, 1.165) is 10.6 Å². The number of hydrogen-bond donors (Lipinski definition) is 2. The van der Waals surface area contributed by atoms with Crippen molar-refractivity contribution in [3.05, 3.63) is 34.3 Å². The fourth-order valence-corrected chi connectivity index (χ4v) is 2.74. The van der Waals surface area contributed by atoms with Gasteiger partial charge in [-0.15, -0.1) is 11.3 Å². The molecule has 2 amide bonds. The van der Waals surface area contributed by atoms with Crippen molar-refractivity contribution in [2.24, 2.45) is 0 Å². The van der Waals surface area contributed by atoms with Crippen molar-refractivity contribution in [2.45, 2.75) is 13.5 Å². The van der Waals surface area contributed by atoms with Gasteiger partial charge in [0.25, 0.3) is 0 Å². The van der Waals surface area contributed by atoms with E-state index < -0.39 is 0 Å². The van der Waals surface area contributed by atoms with E-state index in [2.05, 4.69) is 15.6 Å². The molecule has 7 nitrogen and oxygen atoms in total. The highest BCUT2D eigenvalue weighted by molar-refractivity contribution is 7.09. The highest BCUT2D eigenvalue weighted by Gasteiger charge is 2.13. The third-order valence-electron chi connectivity index (χ3n) is 3.25. The monoisotopic (exact) mass is 335 g/mol. The molecule has 23 heavy (non-hydrogen) atoms. The predicted molar refractivity (Wildman–Crippen MR) is 85.1 cm³/mol. The topological polar surface area (TPSA) is 81.7 Å². The quantitative estimate of drug-likeness (QED) is 0.790. The first kappa shape index (κ1) is 15.4. The van der Waals surface area contributed by atoms with E-state index in [0.29, 0.717) is 36.9 Å². The molecule has 0 bridgehead atoms. The number of aryl methyl sites for hydroxylation is 1. The number of benzene rings is 1. The molecule has 0 saturated heterocycles. The van der Waals surface area contributed by atoms with Crippen molar-refractivity contribution in [1.29, 1.82) is 0 Å². The summed E-state index contributed by atoms with van der Waals surface area (Å²) in [6.45, 7) is 3.41. The normalized spacial score (nSPS) is 12.0. The summed E-state index contributed by atoms with van der Waals surface area (Å²) in [5.41, 5.74) is 2.71. The average molecular weight is 335 g/mol. The maximum absolute atomic E-state index is 11.7. The van der Waals surface area contributed by atoms with Crippen LogP contribution in [0.25, 0.3) is 0 Å². The third-order valence-corrected chi connectivity index (χ3v) is 4.19. The summed E-state index contributed by atoms with van der Waals surface area (Å²) in [5.74, 6) is 2.07. The summed E-state index contributed by atoms with van der Waals surface area (Å²) in [6.07, 6.45) is 0. The van der Waals surface area contributed by atoms with E-state index in [1.54, 1.807) is 23.7 Å². The Balaban J connectivity index is 1.35. The predicted octanol–water partition coefficient (Wildman–Crippen LogP) is 2.06. The van der Waals surface area contributed by atoms with Crippen LogP contribution in [0.2, 0.25) is 0 Å². The van der Waals surface area contributed by atoms with Crippen LogP contribution in [0.5, 0.6) is 17.2 Å². The molecule has 1 aromatic heterocycles. The number of nitrogens with one attached hydrogen (secondary N) is 2. The van der Waals surface area contributed by atoms with Gasteiger partial charge in [0.15, 0.2) is 11.5 Å². The zero-order valence-electron chi connectivity index (χ0n) is 12.6. The number of carbonyl (C=O) groups excluding carboxylic acids is 1. The van der Waals surface area contributed by atoms with Crippen LogP contribution < -0.4 is 24.8 Å². The van der Waals surface area contributed by atoms with Crippen LogP contribution in [0.4, 0.5) is 4.79 Å². The molecule has 0 radical (unpaired) electrons. The lowest BCUT2D eigenvalue weighted by Gasteiger charge is -2.09. The van der Waals surface area contributed by atoms with E-state index in [1.165, 1.54) is 11.3 Å². The molecule has 0 atom stereocenters. The number of nitrogens with zero attached hydrogens (tertiary/aromatic N) is 1. The molecular weight excluding hydrogens is 318 g/mol. The van der Waals surface area contributed by atoms with Crippen molar-refractivity contribution in [3.8, 4) is 17.2 Å².